The zero-order valence-electron chi connectivity index (χ0n) is 11.4. The Morgan fingerprint density at radius 3 is 2.90 bits per heavy atom. The number of aromatic nitrogens is 4. The molecule has 0 aromatic carbocycles. The Morgan fingerprint density at radius 2 is 2.20 bits per heavy atom. The molecule has 1 fully saturated rings. The van der Waals surface area contributed by atoms with E-state index in [-0.39, 0.29) is 11.9 Å². The van der Waals surface area contributed by atoms with Crippen LogP contribution < -0.4 is 10.2 Å². The molecule has 0 unspecified atom stereocenters. The lowest BCUT2D eigenvalue weighted by molar-refractivity contribution is -0.118. The van der Waals surface area contributed by atoms with E-state index in [2.05, 4.69) is 34.3 Å². The van der Waals surface area contributed by atoms with Gasteiger partial charge in [-0.2, -0.15) is 0 Å². The molecule has 7 nitrogen and oxygen atoms in total. The normalized spacial score (nSPS) is 14.9. The van der Waals surface area contributed by atoms with Gasteiger partial charge in [-0.25, -0.2) is 4.98 Å². The first-order chi connectivity index (χ1) is 9.65. The van der Waals surface area contributed by atoms with Crippen molar-refractivity contribution in [2.45, 2.75) is 19.9 Å². The highest BCUT2D eigenvalue weighted by molar-refractivity contribution is 5.84. The molecule has 104 valence electrons. The maximum absolute atomic E-state index is 11.3. The lowest BCUT2D eigenvalue weighted by Gasteiger charge is -2.15. The van der Waals surface area contributed by atoms with Gasteiger partial charge in [0.15, 0.2) is 5.82 Å². The van der Waals surface area contributed by atoms with Crippen LogP contribution in [0.2, 0.25) is 0 Å². The number of carbonyl (C=O) groups is 1. The second-order valence-corrected chi connectivity index (χ2v) is 4.99. The molecule has 2 aromatic heterocycles. The zero-order valence-corrected chi connectivity index (χ0v) is 11.4. The summed E-state index contributed by atoms with van der Waals surface area (Å²) in [6.45, 7) is 4.97. The first-order valence-electron chi connectivity index (χ1n) is 6.54. The van der Waals surface area contributed by atoms with Crippen molar-refractivity contribution in [3.8, 4) is 11.5 Å². The zero-order chi connectivity index (χ0) is 14.1. The standard InChI is InChI=1S/C13H16N6O/c1-9(2)19-8-15-17-13(19)10-4-3-5-11(16-10)18-6-12(20)14-7-18/h3-5,8-9H,6-7H2,1-2H3,(H,14,20). The fourth-order valence-corrected chi connectivity index (χ4v) is 2.16. The largest absolute Gasteiger partial charge is 0.337 e. The summed E-state index contributed by atoms with van der Waals surface area (Å²) in [5.74, 6) is 1.52. The Labute approximate surface area is 116 Å². The Morgan fingerprint density at radius 1 is 1.35 bits per heavy atom. The van der Waals surface area contributed by atoms with E-state index in [1.807, 2.05) is 27.7 Å². The van der Waals surface area contributed by atoms with Crippen molar-refractivity contribution in [1.82, 2.24) is 25.1 Å². The molecule has 0 radical (unpaired) electrons. The molecule has 20 heavy (non-hydrogen) atoms. The van der Waals surface area contributed by atoms with Crippen LogP contribution in [0.15, 0.2) is 24.5 Å². The van der Waals surface area contributed by atoms with Crippen LogP contribution in [0.5, 0.6) is 0 Å². The van der Waals surface area contributed by atoms with Crippen molar-refractivity contribution in [2.24, 2.45) is 0 Å². The third kappa shape index (κ3) is 2.22. The van der Waals surface area contributed by atoms with Crippen LogP contribution in [0.4, 0.5) is 5.82 Å². The lowest BCUT2D eigenvalue weighted by atomic mass is 10.3. The highest BCUT2D eigenvalue weighted by atomic mass is 16.2. The van der Waals surface area contributed by atoms with Gasteiger partial charge in [-0.15, -0.1) is 10.2 Å². The molecule has 3 rings (SSSR count). The van der Waals surface area contributed by atoms with Gasteiger partial charge >= 0.3 is 0 Å². The van der Waals surface area contributed by atoms with Crippen molar-refractivity contribution in [2.75, 3.05) is 18.1 Å². The Bertz CT molecular complexity index is 635. The summed E-state index contributed by atoms with van der Waals surface area (Å²) in [7, 11) is 0. The Kier molecular flexibility index (Phi) is 3.09. The number of nitrogens with one attached hydrogen (secondary N) is 1. The number of pyridine rings is 1. The highest BCUT2D eigenvalue weighted by Gasteiger charge is 2.20. The summed E-state index contributed by atoms with van der Waals surface area (Å²) in [5.41, 5.74) is 0.757. The molecular formula is C13H16N6O. The van der Waals surface area contributed by atoms with Gasteiger partial charge in [0.05, 0.1) is 6.67 Å². The molecule has 7 heteroatoms. The highest BCUT2D eigenvalue weighted by Crippen LogP contribution is 2.21. The van der Waals surface area contributed by atoms with E-state index in [4.69, 9.17) is 0 Å². The number of rotatable bonds is 3. The van der Waals surface area contributed by atoms with E-state index in [0.29, 0.717) is 13.2 Å². The first-order valence-corrected chi connectivity index (χ1v) is 6.54. The predicted molar refractivity (Wildman–Crippen MR) is 74.0 cm³/mol. The molecule has 0 atom stereocenters. The van der Waals surface area contributed by atoms with E-state index < -0.39 is 0 Å². The molecule has 3 heterocycles. The van der Waals surface area contributed by atoms with Crippen molar-refractivity contribution >= 4 is 11.7 Å². The molecule has 1 aliphatic heterocycles. The first kappa shape index (κ1) is 12.6. The molecule has 0 bridgehead atoms. The lowest BCUT2D eigenvalue weighted by Crippen LogP contribution is -2.22. The molecule has 0 spiro atoms. The third-order valence-corrected chi connectivity index (χ3v) is 3.22. The summed E-state index contributed by atoms with van der Waals surface area (Å²) >= 11 is 0. The molecule has 1 amide bonds. The number of hydrogen-bond acceptors (Lipinski definition) is 5. The van der Waals surface area contributed by atoms with Gasteiger partial charge in [0.25, 0.3) is 0 Å². The molecule has 0 saturated carbocycles. The predicted octanol–water partition coefficient (Wildman–Crippen LogP) is 0.815. The topological polar surface area (TPSA) is 75.9 Å². The summed E-state index contributed by atoms with van der Waals surface area (Å²) in [6, 6.07) is 5.97. The van der Waals surface area contributed by atoms with Crippen molar-refractivity contribution in [3.63, 3.8) is 0 Å². The number of nitrogens with zero attached hydrogens (tertiary/aromatic N) is 5. The second kappa shape index (κ2) is 4.92. The van der Waals surface area contributed by atoms with Crippen LogP contribution in [0.3, 0.4) is 0 Å². The van der Waals surface area contributed by atoms with Gasteiger partial charge in [0, 0.05) is 6.04 Å². The summed E-state index contributed by atoms with van der Waals surface area (Å²) in [6.07, 6.45) is 1.70. The number of amides is 1. The average molecular weight is 272 g/mol. The van der Waals surface area contributed by atoms with E-state index in [1.54, 1.807) is 6.33 Å². The monoisotopic (exact) mass is 272 g/mol. The molecular weight excluding hydrogens is 256 g/mol. The fourth-order valence-electron chi connectivity index (χ4n) is 2.16. The van der Waals surface area contributed by atoms with Crippen molar-refractivity contribution in [3.05, 3.63) is 24.5 Å². The second-order valence-electron chi connectivity index (χ2n) is 4.99. The van der Waals surface area contributed by atoms with Crippen LogP contribution in [-0.4, -0.2) is 38.9 Å². The number of carbonyl (C=O) groups excluding carboxylic acids is 1. The van der Waals surface area contributed by atoms with E-state index in [9.17, 15) is 4.79 Å². The van der Waals surface area contributed by atoms with E-state index in [1.165, 1.54) is 0 Å². The van der Waals surface area contributed by atoms with Gasteiger partial charge < -0.3 is 14.8 Å². The van der Waals surface area contributed by atoms with Gasteiger partial charge in [0.2, 0.25) is 5.91 Å². The van der Waals surface area contributed by atoms with Crippen LogP contribution >= 0.6 is 0 Å². The van der Waals surface area contributed by atoms with Crippen molar-refractivity contribution in [1.29, 1.82) is 0 Å². The summed E-state index contributed by atoms with van der Waals surface area (Å²) in [5, 5.41) is 10.9. The van der Waals surface area contributed by atoms with Crippen molar-refractivity contribution < 1.29 is 4.79 Å². The molecule has 2 aromatic rings. The van der Waals surface area contributed by atoms with Gasteiger partial charge in [-0.05, 0) is 26.0 Å². The average Bonchev–Trinajstić information content (AvgIpc) is 3.07. The quantitative estimate of drug-likeness (QED) is 0.895. The maximum atomic E-state index is 11.3. The Hall–Kier alpha value is -2.44. The fraction of sp³-hybridized carbons (Fsp3) is 0.385. The number of anilines is 1. The molecule has 1 N–H and O–H groups in total. The van der Waals surface area contributed by atoms with Crippen LogP contribution in [0.25, 0.3) is 11.5 Å². The molecule has 0 aliphatic carbocycles. The van der Waals surface area contributed by atoms with E-state index in [0.717, 1.165) is 17.3 Å². The van der Waals surface area contributed by atoms with E-state index >= 15 is 0 Å². The molecule has 1 aliphatic rings. The SMILES string of the molecule is CC(C)n1cnnc1-c1cccc(N2CNC(=O)C2)n1. The van der Waals surface area contributed by atoms with Crippen LogP contribution in [0, 0.1) is 0 Å². The third-order valence-electron chi connectivity index (χ3n) is 3.22. The summed E-state index contributed by atoms with van der Waals surface area (Å²) in [4.78, 5) is 17.8. The number of hydrogen-bond donors (Lipinski definition) is 1. The molecule has 1 saturated heterocycles. The minimum Gasteiger partial charge on any atom is -0.337 e. The van der Waals surface area contributed by atoms with Crippen LogP contribution in [-0.2, 0) is 4.79 Å². The van der Waals surface area contributed by atoms with Crippen LogP contribution in [0.1, 0.15) is 19.9 Å². The minimum absolute atomic E-state index is 0.0163. The maximum Gasteiger partial charge on any atom is 0.241 e. The van der Waals surface area contributed by atoms with Gasteiger partial charge in [-0.1, -0.05) is 6.07 Å². The van der Waals surface area contributed by atoms with Gasteiger partial charge in [0.1, 0.15) is 24.4 Å². The minimum atomic E-state index is 0.0163. The summed E-state index contributed by atoms with van der Waals surface area (Å²) < 4.78 is 1.97. The Balaban J connectivity index is 1.95. The van der Waals surface area contributed by atoms with Gasteiger partial charge in [-0.3, -0.25) is 4.79 Å². The smallest absolute Gasteiger partial charge is 0.241 e.